The molecule has 0 fully saturated rings. The van der Waals surface area contributed by atoms with Gasteiger partial charge in [0, 0.05) is 6.54 Å². The van der Waals surface area contributed by atoms with Crippen LogP contribution in [0.2, 0.25) is 0 Å². The Morgan fingerprint density at radius 3 is 2.85 bits per heavy atom. The van der Waals surface area contributed by atoms with Crippen LogP contribution in [0.4, 0.5) is 0 Å². The molecule has 0 aliphatic heterocycles. The average Bonchev–Trinajstić information content (AvgIpc) is 2.97. The number of fused-ring (bicyclic) bond motifs is 1. The third kappa shape index (κ3) is 3.00. The standard InChI is InChI=1S/C15H17N5/c1-2-5-12(6-3-1)9-16-8-4-7-13-14-15(19-10-17-13)20-11-18-14/h1-3,5-6,10-11,16H,4,7-9H2,(H,17,18,19,20). The van der Waals surface area contributed by atoms with Gasteiger partial charge in [-0.1, -0.05) is 30.3 Å². The zero-order chi connectivity index (χ0) is 13.6. The summed E-state index contributed by atoms with van der Waals surface area (Å²) in [5, 5.41) is 3.44. The van der Waals surface area contributed by atoms with Crippen molar-refractivity contribution < 1.29 is 0 Å². The molecular weight excluding hydrogens is 250 g/mol. The number of rotatable bonds is 6. The number of aryl methyl sites for hydroxylation is 1. The van der Waals surface area contributed by atoms with Gasteiger partial charge in [-0.15, -0.1) is 0 Å². The van der Waals surface area contributed by atoms with Crippen molar-refractivity contribution in [2.75, 3.05) is 6.54 Å². The lowest BCUT2D eigenvalue weighted by Gasteiger charge is -2.05. The van der Waals surface area contributed by atoms with Gasteiger partial charge in [-0.2, -0.15) is 0 Å². The summed E-state index contributed by atoms with van der Waals surface area (Å²) in [6.45, 7) is 1.87. The van der Waals surface area contributed by atoms with E-state index in [0.717, 1.165) is 42.8 Å². The second-order valence-electron chi connectivity index (χ2n) is 4.69. The van der Waals surface area contributed by atoms with Gasteiger partial charge in [0.15, 0.2) is 5.65 Å². The van der Waals surface area contributed by atoms with Crippen LogP contribution in [0.5, 0.6) is 0 Å². The predicted octanol–water partition coefficient (Wildman–Crippen LogP) is 2.08. The minimum absolute atomic E-state index is 0.743. The molecule has 2 aromatic heterocycles. The first kappa shape index (κ1) is 12.7. The lowest BCUT2D eigenvalue weighted by atomic mass is 10.2. The van der Waals surface area contributed by atoms with Gasteiger partial charge in [-0.05, 0) is 24.9 Å². The molecule has 0 amide bonds. The van der Waals surface area contributed by atoms with Crippen LogP contribution < -0.4 is 5.32 Å². The molecule has 0 aliphatic carbocycles. The predicted molar refractivity (Wildman–Crippen MR) is 78.2 cm³/mol. The molecule has 0 spiro atoms. The second kappa shape index (κ2) is 6.25. The molecule has 0 atom stereocenters. The van der Waals surface area contributed by atoms with E-state index < -0.39 is 0 Å². The van der Waals surface area contributed by atoms with E-state index in [4.69, 9.17) is 0 Å². The number of imidazole rings is 1. The van der Waals surface area contributed by atoms with E-state index in [2.05, 4.69) is 49.5 Å². The lowest BCUT2D eigenvalue weighted by molar-refractivity contribution is 0.646. The molecule has 2 N–H and O–H groups in total. The van der Waals surface area contributed by atoms with E-state index in [1.165, 1.54) is 5.56 Å². The molecule has 5 heteroatoms. The van der Waals surface area contributed by atoms with E-state index in [1.54, 1.807) is 12.7 Å². The highest BCUT2D eigenvalue weighted by Crippen LogP contribution is 2.10. The SMILES string of the molecule is c1ccc(CNCCCc2ncnc3nc[nH]c23)cc1. The van der Waals surface area contributed by atoms with Crippen LogP contribution in [0.3, 0.4) is 0 Å². The van der Waals surface area contributed by atoms with E-state index in [1.807, 2.05) is 6.07 Å². The Balaban J connectivity index is 1.47. The van der Waals surface area contributed by atoms with Crippen molar-refractivity contribution in [1.82, 2.24) is 25.3 Å². The minimum Gasteiger partial charge on any atom is -0.342 e. The Labute approximate surface area is 117 Å². The molecule has 0 saturated carbocycles. The summed E-state index contributed by atoms with van der Waals surface area (Å²) >= 11 is 0. The molecule has 0 saturated heterocycles. The fraction of sp³-hybridized carbons (Fsp3) is 0.267. The first-order valence-corrected chi connectivity index (χ1v) is 6.81. The van der Waals surface area contributed by atoms with E-state index in [-0.39, 0.29) is 0 Å². The highest BCUT2D eigenvalue weighted by molar-refractivity contribution is 5.71. The number of aromatic amines is 1. The Hall–Kier alpha value is -2.27. The molecule has 0 aliphatic rings. The maximum absolute atomic E-state index is 4.32. The van der Waals surface area contributed by atoms with Crippen molar-refractivity contribution >= 4 is 11.2 Å². The number of nitrogens with one attached hydrogen (secondary N) is 2. The Kier molecular flexibility index (Phi) is 3.99. The number of benzene rings is 1. The van der Waals surface area contributed by atoms with Gasteiger partial charge in [0.2, 0.25) is 0 Å². The number of hydrogen-bond acceptors (Lipinski definition) is 4. The fourth-order valence-corrected chi connectivity index (χ4v) is 2.21. The summed E-state index contributed by atoms with van der Waals surface area (Å²) in [5.41, 5.74) is 4.04. The molecule has 3 rings (SSSR count). The maximum atomic E-state index is 4.32. The van der Waals surface area contributed by atoms with Crippen molar-refractivity contribution in [2.24, 2.45) is 0 Å². The molecular formula is C15H17N5. The first-order chi connectivity index (χ1) is 9.93. The van der Waals surface area contributed by atoms with Crippen LogP contribution in [0.15, 0.2) is 43.0 Å². The van der Waals surface area contributed by atoms with E-state index in [9.17, 15) is 0 Å². The van der Waals surface area contributed by atoms with Gasteiger partial charge in [0.05, 0.1) is 12.0 Å². The van der Waals surface area contributed by atoms with Crippen molar-refractivity contribution in [3.8, 4) is 0 Å². The molecule has 5 nitrogen and oxygen atoms in total. The molecule has 0 radical (unpaired) electrons. The Morgan fingerprint density at radius 2 is 1.95 bits per heavy atom. The average molecular weight is 267 g/mol. The van der Waals surface area contributed by atoms with Gasteiger partial charge >= 0.3 is 0 Å². The number of nitrogens with zero attached hydrogens (tertiary/aromatic N) is 3. The van der Waals surface area contributed by atoms with Gasteiger partial charge in [0.1, 0.15) is 11.8 Å². The highest BCUT2D eigenvalue weighted by Gasteiger charge is 2.04. The number of H-pyrrole nitrogens is 1. The molecule has 0 bridgehead atoms. The lowest BCUT2D eigenvalue weighted by Crippen LogP contribution is -2.15. The maximum Gasteiger partial charge on any atom is 0.180 e. The zero-order valence-corrected chi connectivity index (χ0v) is 11.2. The quantitative estimate of drug-likeness (QED) is 0.671. The summed E-state index contributed by atoms with van der Waals surface area (Å²) in [5.74, 6) is 0. The molecule has 102 valence electrons. The summed E-state index contributed by atoms with van der Waals surface area (Å²) in [6.07, 6.45) is 5.20. The molecule has 2 heterocycles. The van der Waals surface area contributed by atoms with Crippen molar-refractivity contribution in [3.05, 3.63) is 54.2 Å². The van der Waals surface area contributed by atoms with Crippen LogP contribution in [0, 0.1) is 0 Å². The Morgan fingerprint density at radius 1 is 1.05 bits per heavy atom. The summed E-state index contributed by atoms with van der Waals surface area (Å²) in [4.78, 5) is 15.7. The van der Waals surface area contributed by atoms with E-state index >= 15 is 0 Å². The van der Waals surface area contributed by atoms with Crippen LogP contribution in [-0.2, 0) is 13.0 Å². The molecule has 1 aromatic carbocycles. The summed E-state index contributed by atoms with van der Waals surface area (Å²) < 4.78 is 0. The van der Waals surface area contributed by atoms with Crippen molar-refractivity contribution in [3.63, 3.8) is 0 Å². The summed E-state index contributed by atoms with van der Waals surface area (Å²) in [7, 11) is 0. The smallest absolute Gasteiger partial charge is 0.180 e. The van der Waals surface area contributed by atoms with Crippen LogP contribution in [0.1, 0.15) is 17.7 Å². The molecule has 3 aromatic rings. The largest absolute Gasteiger partial charge is 0.342 e. The minimum atomic E-state index is 0.743. The van der Waals surface area contributed by atoms with Gasteiger partial charge in [-0.3, -0.25) is 0 Å². The second-order valence-corrected chi connectivity index (χ2v) is 4.69. The van der Waals surface area contributed by atoms with Gasteiger partial charge in [-0.25, -0.2) is 15.0 Å². The monoisotopic (exact) mass is 267 g/mol. The highest BCUT2D eigenvalue weighted by atomic mass is 15.0. The normalized spacial score (nSPS) is 11.0. The zero-order valence-electron chi connectivity index (χ0n) is 11.2. The summed E-state index contributed by atoms with van der Waals surface area (Å²) in [6, 6.07) is 10.4. The topological polar surface area (TPSA) is 66.5 Å². The van der Waals surface area contributed by atoms with Gasteiger partial charge in [0.25, 0.3) is 0 Å². The van der Waals surface area contributed by atoms with Crippen LogP contribution >= 0.6 is 0 Å². The first-order valence-electron chi connectivity index (χ1n) is 6.81. The van der Waals surface area contributed by atoms with Crippen molar-refractivity contribution in [2.45, 2.75) is 19.4 Å². The number of aromatic nitrogens is 4. The van der Waals surface area contributed by atoms with Crippen LogP contribution in [-0.4, -0.2) is 26.5 Å². The fourth-order valence-electron chi connectivity index (χ4n) is 2.21. The third-order valence-corrected chi connectivity index (χ3v) is 3.24. The molecule has 0 unspecified atom stereocenters. The Bertz CT molecular complexity index is 662. The third-order valence-electron chi connectivity index (χ3n) is 3.24. The number of hydrogen-bond donors (Lipinski definition) is 2. The molecule has 20 heavy (non-hydrogen) atoms. The van der Waals surface area contributed by atoms with E-state index in [0.29, 0.717) is 0 Å². The van der Waals surface area contributed by atoms with Crippen molar-refractivity contribution in [1.29, 1.82) is 0 Å². The van der Waals surface area contributed by atoms with Gasteiger partial charge < -0.3 is 10.3 Å². The van der Waals surface area contributed by atoms with Crippen LogP contribution in [0.25, 0.3) is 11.2 Å².